The monoisotopic (exact) mass is 523 g/mol. The SMILES string of the molecule is Cc1cc(Nc2c(F)c(C)c(F)c(OCCCNC(C)(C)C)c2F)c2ccccc2n1.Cc1ccccc1. The van der Waals surface area contributed by atoms with Gasteiger partial charge in [-0.25, -0.2) is 13.2 Å². The predicted octanol–water partition coefficient (Wildman–Crippen LogP) is 8.16. The summed E-state index contributed by atoms with van der Waals surface area (Å²) in [5.74, 6) is -3.69. The number of aryl methyl sites for hydroxylation is 2. The summed E-state index contributed by atoms with van der Waals surface area (Å²) < 4.78 is 50.0. The maximum Gasteiger partial charge on any atom is 0.194 e. The number of nitrogens with one attached hydrogen (secondary N) is 2. The minimum atomic E-state index is -1.09. The number of rotatable bonds is 7. The second kappa shape index (κ2) is 12.8. The molecule has 0 spiro atoms. The molecule has 1 aromatic heterocycles. The third-order valence-electron chi connectivity index (χ3n) is 5.76. The number of hydrogen-bond donors (Lipinski definition) is 2. The summed E-state index contributed by atoms with van der Waals surface area (Å²) in [6, 6.07) is 19.2. The summed E-state index contributed by atoms with van der Waals surface area (Å²) >= 11 is 0. The molecule has 7 heteroatoms. The predicted molar refractivity (Wildman–Crippen MR) is 150 cm³/mol. The molecule has 4 nitrogen and oxygen atoms in total. The van der Waals surface area contributed by atoms with Crippen molar-refractivity contribution in [1.82, 2.24) is 10.3 Å². The molecule has 0 amide bonds. The van der Waals surface area contributed by atoms with Crippen LogP contribution in [0, 0.1) is 38.2 Å². The van der Waals surface area contributed by atoms with Crippen molar-refractivity contribution >= 4 is 22.3 Å². The van der Waals surface area contributed by atoms with E-state index in [4.69, 9.17) is 4.74 Å². The van der Waals surface area contributed by atoms with Gasteiger partial charge in [-0.2, -0.15) is 0 Å². The molecule has 0 unspecified atom stereocenters. The van der Waals surface area contributed by atoms with E-state index in [9.17, 15) is 8.78 Å². The molecule has 202 valence electrons. The van der Waals surface area contributed by atoms with Crippen LogP contribution in [-0.2, 0) is 0 Å². The third-order valence-corrected chi connectivity index (χ3v) is 5.76. The van der Waals surface area contributed by atoms with Crippen LogP contribution in [-0.4, -0.2) is 23.7 Å². The van der Waals surface area contributed by atoms with Gasteiger partial charge in [0.1, 0.15) is 5.69 Å². The van der Waals surface area contributed by atoms with E-state index in [1.165, 1.54) is 12.5 Å². The first-order chi connectivity index (χ1) is 18.0. The molecule has 4 aromatic rings. The number of anilines is 2. The van der Waals surface area contributed by atoms with Gasteiger partial charge in [0.15, 0.2) is 23.2 Å². The molecule has 0 saturated heterocycles. The molecule has 0 aliphatic carbocycles. The lowest BCUT2D eigenvalue weighted by atomic mass is 10.1. The zero-order chi connectivity index (χ0) is 27.9. The fourth-order valence-corrected chi connectivity index (χ4v) is 3.79. The van der Waals surface area contributed by atoms with E-state index in [-0.39, 0.29) is 17.7 Å². The zero-order valence-electron chi connectivity index (χ0n) is 22.9. The minimum Gasteiger partial charge on any atom is -0.487 e. The number of aromatic nitrogens is 1. The average molecular weight is 524 g/mol. The second-order valence-electron chi connectivity index (χ2n) is 10.3. The first-order valence-electron chi connectivity index (χ1n) is 12.7. The molecular formula is C31H36F3N3O. The van der Waals surface area contributed by atoms with Crippen molar-refractivity contribution in [2.45, 2.75) is 53.5 Å². The molecule has 0 atom stereocenters. The Hall–Kier alpha value is -3.58. The maximum atomic E-state index is 15.2. The Morgan fingerprint density at radius 2 is 1.50 bits per heavy atom. The molecule has 1 heterocycles. The van der Waals surface area contributed by atoms with Gasteiger partial charge >= 0.3 is 0 Å². The lowest BCUT2D eigenvalue weighted by Gasteiger charge is -2.21. The first kappa shape index (κ1) is 29.0. The number of ether oxygens (including phenoxy) is 1. The van der Waals surface area contributed by atoms with E-state index in [1.807, 2.05) is 57.2 Å². The second-order valence-corrected chi connectivity index (χ2v) is 10.3. The van der Waals surface area contributed by atoms with Gasteiger partial charge < -0.3 is 15.4 Å². The number of para-hydroxylation sites is 1. The van der Waals surface area contributed by atoms with Gasteiger partial charge in [-0.05, 0) is 66.6 Å². The highest BCUT2D eigenvalue weighted by Crippen LogP contribution is 2.37. The Morgan fingerprint density at radius 1 is 0.842 bits per heavy atom. The number of nitrogens with zero attached hydrogens (tertiary/aromatic N) is 1. The van der Waals surface area contributed by atoms with Crippen LogP contribution < -0.4 is 15.4 Å². The van der Waals surface area contributed by atoms with Crippen LogP contribution in [0.4, 0.5) is 24.5 Å². The highest BCUT2D eigenvalue weighted by Gasteiger charge is 2.25. The number of pyridine rings is 1. The largest absolute Gasteiger partial charge is 0.487 e. The van der Waals surface area contributed by atoms with Crippen molar-refractivity contribution in [3.63, 3.8) is 0 Å². The summed E-state index contributed by atoms with van der Waals surface area (Å²) in [4.78, 5) is 4.43. The van der Waals surface area contributed by atoms with E-state index in [2.05, 4.69) is 34.7 Å². The normalized spacial score (nSPS) is 11.2. The molecule has 0 fully saturated rings. The fraction of sp³-hybridized carbons (Fsp3) is 0.323. The molecule has 2 N–H and O–H groups in total. The Morgan fingerprint density at radius 3 is 2.13 bits per heavy atom. The Balaban J connectivity index is 0.000000494. The maximum absolute atomic E-state index is 15.2. The summed E-state index contributed by atoms with van der Waals surface area (Å²) in [7, 11) is 0. The smallest absolute Gasteiger partial charge is 0.194 e. The van der Waals surface area contributed by atoms with Gasteiger partial charge in [-0.3, -0.25) is 4.98 Å². The summed E-state index contributed by atoms with van der Waals surface area (Å²) in [5, 5.41) is 6.78. The molecule has 0 radical (unpaired) electrons. The van der Waals surface area contributed by atoms with Crippen molar-refractivity contribution in [3.8, 4) is 5.75 Å². The van der Waals surface area contributed by atoms with Crippen molar-refractivity contribution in [1.29, 1.82) is 0 Å². The molecule has 0 aliphatic rings. The van der Waals surface area contributed by atoms with E-state index in [0.717, 1.165) is 0 Å². The van der Waals surface area contributed by atoms with Crippen LogP contribution in [0.2, 0.25) is 0 Å². The van der Waals surface area contributed by atoms with Gasteiger partial charge in [0.2, 0.25) is 0 Å². The minimum absolute atomic E-state index is 0.0640. The van der Waals surface area contributed by atoms with Gasteiger partial charge in [0.05, 0.1) is 12.1 Å². The van der Waals surface area contributed by atoms with Gasteiger partial charge in [-0.1, -0.05) is 54.1 Å². The highest BCUT2D eigenvalue weighted by atomic mass is 19.1. The molecule has 38 heavy (non-hydrogen) atoms. The Kier molecular flexibility index (Phi) is 9.75. The van der Waals surface area contributed by atoms with Crippen molar-refractivity contribution in [3.05, 3.63) is 94.9 Å². The molecule has 0 aliphatic heterocycles. The Bertz CT molecular complexity index is 1370. The van der Waals surface area contributed by atoms with Gasteiger partial charge in [0.25, 0.3) is 0 Å². The van der Waals surface area contributed by atoms with Gasteiger partial charge in [0, 0.05) is 27.9 Å². The number of hydrogen-bond acceptors (Lipinski definition) is 4. The van der Waals surface area contributed by atoms with Crippen molar-refractivity contribution in [2.75, 3.05) is 18.5 Å². The third kappa shape index (κ3) is 7.71. The van der Waals surface area contributed by atoms with Crippen LogP contribution in [0.5, 0.6) is 5.75 Å². The van der Waals surface area contributed by atoms with Crippen molar-refractivity contribution in [2.24, 2.45) is 0 Å². The van der Waals surface area contributed by atoms with Crippen LogP contribution in [0.1, 0.15) is 44.0 Å². The van der Waals surface area contributed by atoms with Crippen molar-refractivity contribution < 1.29 is 17.9 Å². The summed E-state index contributed by atoms with van der Waals surface area (Å²) in [6.07, 6.45) is 0.545. The van der Waals surface area contributed by atoms with E-state index in [1.54, 1.807) is 19.1 Å². The highest BCUT2D eigenvalue weighted by molar-refractivity contribution is 5.93. The standard InChI is InChI=1S/C24H28F3N3O.C7H8/c1-14-13-18(16-9-6-7-10-17(16)29-14)30-22-19(25)15(2)20(26)23(21(22)27)31-12-8-11-28-24(3,4)5;1-7-5-3-2-4-6-7/h6-7,9-10,13,28H,8,11-12H2,1-5H3,(H,29,30);2-6H,1H3. The number of fused-ring (bicyclic) bond motifs is 1. The lowest BCUT2D eigenvalue weighted by Crippen LogP contribution is -2.36. The van der Waals surface area contributed by atoms with E-state index >= 15 is 4.39 Å². The number of halogens is 3. The van der Waals surface area contributed by atoms with Crippen LogP contribution in [0.15, 0.2) is 60.7 Å². The molecule has 4 rings (SSSR count). The molecular weight excluding hydrogens is 487 g/mol. The quantitative estimate of drug-likeness (QED) is 0.240. The molecule has 0 saturated carbocycles. The topological polar surface area (TPSA) is 46.2 Å². The lowest BCUT2D eigenvalue weighted by molar-refractivity contribution is 0.270. The van der Waals surface area contributed by atoms with Crippen LogP contribution in [0.25, 0.3) is 10.9 Å². The first-order valence-corrected chi connectivity index (χ1v) is 12.7. The van der Waals surface area contributed by atoms with Crippen LogP contribution in [0.3, 0.4) is 0 Å². The van der Waals surface area contributed by atoms with Gasteiger partial charge in [-0.15, -0.1) is 0 Å². The van der Waals surface area contributed by atoms with E-state index < -0.39 is 28.9 Å². The fourth-order valence-electron chi connectivity index (χ4n) is 3.79. The Labute approximate surface area is 223 Å². The zero-order valence-corrected chi connectivity index (χ0v) is 22.9. The molecule has 3 aromatic carbocycles. The summed E-state index contributed by atoms with van der Waals surface area (Å²) in [5.41, 5.74) is 2.36. The summed E-state index contributed by atoms with van der Waals surface area (Å²) in [6.45, 7) is 11.9. The molecule has 0 bridgehead atoms. The van der Waals surface area contributed by atoms with Crippen LogP contribution >= 0.6 is 0 Å². The number of benzene rings is 3. The van der Waals surface area contributed by atoms with E-state index in [0.29, 0.717) is 35.2 Å². The average Bonchev–Trinajstić information content (AvgIpc) is 2.87.